The average Bonchev–Trinajstić information content (AvgIpc) is 1.92. The molecule has 0 heterocycles. The quantitative estimate of drug-likeness (QED) is 0.528. The van der Waals surface area contributed by atoms with Crippen molar-refractivity contribution in [3.05, 3.63) is 29.7 Å². The number of alkyl halides is 3. The number of rotatable bonds is 0. The molecule has 0 saturated heterocycles. The summed E-state index contributed by atoms with van der Waals surface area (Å²) in [5.74, 6) is -1.54. The molecule has 0 aliphatic heterocycles. The minimum Gasteiger partial charge on any atom is -0.170 e. The summed E-state index contributed by atoms with van der Waals surface area (Å²) in [4.78, 5) is 0. The van der Waals surface area contributed by atoms with Gasteiger partial charge >= 0.3 is 6.18 Å². The lowest BCUT2D eigenvalue weighted by Gasteiger charge is -2.22. The van der Waals surface area contributed by atoms with E-state index in [9.17, 15) is 13.2 Å². The van der Waals surface area contributed by atoms with Gasteiger partial charge in [0.15, 0.2) is 0 Å². The number of hydrogen-bond acceptors (Lipinski definition) is 0. The van der Waals surface area contributed by atoms with Crippen molar-refractivity contribution >= 4 is 0 Å². The van der Waals surface area contributed by atoms with Gasteiger partial charge in [0.2, 0.25) is 0 Å². The van der Waals surface area contributed by atoms with Crippen molar-refractivity contribution in [2.45, 2.75) is 20.0 Å². The van der Waals surface area contributed by atoms with Gasteiger partial charge in [-0.2, -0.15) is 13.2 Å². The maximum atomic E-state index is 12.2. The molecule has 1 unspecified atom stereocenters. The first-order valence-electron chi connectivity index (χ1n) is 3.51. The third-order valence-corrected chi connectivity index (χ3v) is 1.89. The second-order valence-corrected chi connectivity index (χ2v) is 2.74. The number of hydrogen-bond donors (Lipinski definition) is 0. The third-order valence-electron chi connectivity index (χ3n) is 1.89. The summed E-state index contributed by atoms with van der Waals surface area (Å²) in [5.41, 5.74) is 0.834. The van der Waals surface area contributed by atoms with Crippen LogP contribution in [0.5, 0.6) is 0 Å². The van der Waals surface area contributed by atoms with Crippen LogP contribution in [0.1, 0.15) is 13.8 Å². The van der Waals surface area contributed by atoms with Crippen LogP contribution in [0, 0.1) is 18.4 Å². The Bertz CT molecular complexity index is 233. The van der Waals surface area contributed by atoms with Gasteiger partial charge in [0.1, 0.15) is 0 Å². The molecule has 0 aromatic rings. The Kier molecular flexibility index (Phi) is 2.31. The van der Waals surface area contributed by atoms with E-state index >= 15 is 0 Å². The molecule has 65 valence electrons. The maximum Gasteiger partial charge on any atom is 0.396 e. The van der Waals surface area contributed by atoms with Crippen molar-refractivity contribution in [3.63, 3.8) is 0 Å². The van der Waals surface area contributed by atoms with Gasteiger partial charge in [-0.15, -0.1) is 0 Å². The van der Waals surface area contributed by atoms with Crippen molar-refractivity contribution < 1.29 is 13.2 Å². The molecule has 0 saturated carbocycles. The first kappa shape index (κ1) is 9.36. The lowest BCUT2D eigenvalue weighted by molar-refractivity contribution is -0.154. The Morgan fingerprint density at radius 1 is 1.33 bits per heavy atom. The van der Waals surface area contributed by atoms with Crippen molar-refractivity contribution in [1.29, 1.82) is 0 Å². The molecule has 3 radical (unpaired) electrons. The van der Waals surface area contributed by atoms with Gasteiger partial charge in [-0.1, -0.05) is 11.6 Å². The van der Waals surface area contributed by atoms with Crippen molar-refractivity contribution in [2.24, 2.45) is 5.92 Å². The Labute approximate surface area is 69.8 Å². The molecule has 12 heavy (non-hydrogen) atoms. The molecule has 3 heteroatoms. The molecular formula is C9H8F3. The molecule has 0 N–H and O–H groups in total. The van der Waals surface area contributed by atoms with E-state index < -0.39 is 12.1 Å². The molecule has 0 amide bonds. The number of halogens is 3. The van der Waals surface area contributed by atoms with E-state index in [2.05, 4.69) is 12.5 Å². The van der Waals surface area contributed by atoms with Gasteiger partial charge in [0, 0.05) is 6.42 Å². The molecule has 0 aromatic heterocycles. The Balaban J connectivity index is 2.91. The van der Waals surface area contributed by atoms with Crippen LogP contribution >= 0.6 is 0 Å². The fourth-order valence-electron chi connectivity index (χ4n) is 1.03. The fraction of sp³-hybridized carbons (Fsp3) is 0.444. The zero-order chi connectivity index (χ0) is 9.35. The molecule has 0 fully saturated rings. The van der Waals surface area contributed by atoms with Crippen LogP contribution in [-0.4, -0.2) is 6.18 Å². The van der Waals surface area contributed by atoms with Gasteiger partial charge in [0.05, 0.1) is 5.92 Å². The lowest BCUT2D eigenvalue weighted by Crippen LogP contribution is -2.25. The summed E-state index contributed by atoms with van der Waals surface area (Å²) in [6.07, 6.45) is 1.89. The SMILES string of the molecule is CC1=C(C)C(C(F)(F)F)[C]C=[C]1. The minimum atomic E-state index is -4.22. The summed E-state index contributed by atoms with van der Waals surface area (Å²) in [6.45, 7) is 3.08. The van der Waals surface area contributed by atoms with Crippen LogP contribution in [0.4, 0.5) is 13.2 Å². The Morgan fingerprint density at radius 3 is 2.33 bits per heavy atom. The summed E-state index contributed by atoms with van der Waals surface area (Å²) in [6, 6.07) is 0. The molecule has 1 rings (SSSR count). The second kappa shape index (κ2) is 2.96. The summed E-state index contributed by atoms with van der Waals surface area (Å²) in [7, 11) is 0. The molecule has 0 bridgehead atoms. The van der Waals surface area contributed by atoms with Crippen LogP contribution in [0.15, 0.2) is 17.2 Å². The van der Waals surface area contributed by atoms with Crippen LogP contribution in [0.2, 0.25) is 0 Å². The number of allylic oxidation sites excluding steroid dienone is 4. The van der Waals surface area contributed by atoms with E-state index in [1.54, 1.807) is 6.92 Å². The summed E-state index contributed by atoms with van der Waals surface area (Å²) < 4.78 is 36.7. The average molecular weight is 173 g/mol. The minimum absolute atomic E-state index is 0.282. The Hall–Kier alpha value is -0.730. The van der Waals surface area contributed by atoms with Crippen LogP contribution in [-0.2, 0) is 0 Å². The first-order chi connectivity index (χ1) is 5.43. The molecular weight excluding hydrogens is 165 g/mol. The van der Waals surface area contributed by atoms with E-state index in [0.29, 0.717) is 5.57 Å². The molecule has 0 spiro atoms. The molecule has 1 aliphatic carbocycles. The van der Waals surface area contributed by atoms with E-state index in [1.165, 1.54) is 13.0 Å². The van der Waals surface area contributed by atoms with Gasteiger partial charge in [-0.3, -0.25) is 0 Å². The highest BCUT2D eigenvalue weighted by Crippen LogP contribution is 2.37. The topological polar surface area (TPSA) is 0 Å². The van der Waals surface area contributed by atoms with Crippen molar-refractivity contribution in [1.82, 2.24) is 0 Å². The van der Waals surface area contributed by atoms with E-state index in [0.717, 1.165) is 0 Å². The molecule has 0 nitrogen and oxygen atoms in total. The maximum absolute atomic E-state index is 12.2. The van der Waals surface area contributed by atoms with E-state index in [1.807, 2.05) is 0 Å². The summed E-state index contributed by atoms with van der Waals surface area (Å²) >= 11 is 0. The fourth-order valence-corrected chi connectivity index (χ4v) is 1.03. The largest absolute Gasteiger partial charge is 0.396 e. The summed E-state index contributed by atoms with van der Waals surface area (Å²) in [5, 5.41) is 0. The highest BCUT2D eigenvalue weighted by Gasteiger charge is 2.41. The third kappa shape index (κ3) is 1.71. The predicted octanol–water partition coefficient (Wildman–Crippen LogP) is 2.96. The predicted molar refractivity (Wildman–Crippen MR) is 39.0 cm³/mol. The van der Waals surface area contributed by atoms with Crippen LogP contribution in [0.25, 0.3) is 0 Å². The molecule has 0 aromatic carbocycles. The van der Waals surface area contributed by atoms with Crippen LogP contribution < -0.4 is 0 Å². The van der Waals surface area contributed by atoms with Crippen molar-refractivity contribution in [3.8, 4) is 0 Å². The zero-order valence-corrected chi connectivity index (χ0v) is 6.79. The van der Waals surface area contributed by atoms with E-state index in [4.69, 9.17) is 0 Å². The standard InChI is InChI=1S/C9H8F3/c1-6-4-3-5-8(7(6)2)9(10,11)12/h3,8H,1-2H3. The highest BCUT2D eigenvalue weighted by molar-refractivity contribution is 5.30. The molecule has 1 atom stereocenters. The first-order valence-corrected chi connectivity index (χ1v) is 3.51. The molecule has 1 aliphatic rings. The van der Waals surface area contributed by atoms with Crippen LogP contribution in [0.3, 0.4) is 0 Å². The van der Waals surface area contributed by atoms with Gasteiger partial charge < -0.3 is 0 Å². The highest BCUT2D eigenvalue weighted by atomic mass is 19.4. The smallest absolute Gasteiger partial charge is 0.170 e. The van der Waals surface area contributed by atoms with Gasteiger partial charge in [-0.05, 0) is 25.5 Å². The van der Waals surface area contributed by atoms with Gasteiger partial charge in [-0.25, -0.2) is 0 Å². The van der Waals surface area contributed by atoms with Crippen molar-refractivity contribution in [2.75, 3.05) is 0 Å². The van der Waals surface area contributed by atoms with Gasteiger partial charge in [0.25, 0.3) is 0 Å². The monoisotopic (exact) mass is 173 g/mol. The van der Waals surface area contributed by atoms with E-state index in [-0.39, 0.29) is 5.57 Å². The zero-order valence-electron chi connectivity index (χ0n) is 6.79. The lowest BCUT2D eigenvalue weighted by atomic mass is 9.88. The second-order valence-electron chi connectivity index (χ2n) is 2.74. The Morgan fingerprint density at radius 2 is 1.92 bits per heavy atom. The normalized spacial score (nSPS) is 24.9.